The van der Waals surface area contributed by atoms with Gasteiger partial charge in [-0.25, -0.2) is 9.50 Å². The van der Waals surface area contributed by atoms with E-state index in [9.17, 15) is 4.79 Å². The summed E-state index contributed by atoms with van der Waals surface area (Å²) in [5.74, 6) is 0. The predicted octanol–water partition coefficient (Wildman–Crippen LogP) is 2.54. The molecule has 1 N–H and O–H groups in total. The first-order chi connectivity index (χ1) is 8.70. The summed E-state index contributed by atoms with van der Waals surface area (Å²) < 4.78 is 2.35. The molecule has 2 aromatic rings. The van der Waals surface area contributed by atoms with Crippen molar-refractivity contribution in [2.45, 2.75) is 43.9 Å². The molecular formula is C13H14BrN3O. The van der Waals surface area contributed by atoms with Crippen LogP contribution in [0, 0.1) is 0 Å². The van der Waals surface area contributed by atoms with Crippen LogP contribution in [-0.4, -0.2) is 14.6 Å². The molecule has 0 amide bonds. The van der Waals surface area contributed by atoms with Gasteiger partial charge in [0.2, 0.25) is 0 Å². The van der Waals surface area contributed by atoms with Gasteiger partial charge in [-0.2, -0.15) is 0 Å². The van der Waals surface area contributed by atoms with Gasteiger partial charge in [-0.1, -0.05) is 12.8 Å². The summed E-state index contributed by atoms with van der Waals surface area (Å²) >= 11 is 3.37. The van der Waals surface area contributed by atoms with E-state index in [0.29, 0.717) is 0 Å². The van der Waals surface area contributed by atoms with Crippen LogP contribution in [0.15, 0.2) is 15.5 Å². The molecule has 0 saturated heterocycles. The van der Waals surface area contributed by atoms with E-state index in [2.05, 4.69) is 21.0 Å². The summed E-state index contributed by atoms with van der Waals surface area (Å²) in [6.45, 7) is 0. The summed E-state index contributed by atoms with van der Waals surface area (Å²) in [6, 6.07) is 1.88. The summed E-state index contributed by atoms with van der Waals surface area (Å²) in [7, 11) is 0. The molecule has 1 saturated carbocycles. The molecule has 0 radical (unpaired) electrons. The lowest BCUT2D eigenvalue weighted by Gasteiger charge is -2.22. The summed E-state index contributed by atoms with van der Waals surface area (Å²) in [5.41, 5.74) is 3.07. The van der Waals surface area contributed by atoms with Crippen molar-refractivity contribution in [2.24, 2.45) is 0 Å². The number of nitrogens with one attached hydrogen (secondary N) is 1. The van der Waals surface area contributed by atoms with E-state index in [1.165, 1.54) is 25.7 Å². The molecular weight excluding hydrogens is 294 g/mol. The van der Waals surface area contributed by atoms with Crippen molar-refractivity contribution in [1.29, 1.82) is 0 Å². The van der Waals surface area contributed by atoms with E-state index in [-0.39, 0.29) is 11.0 Å². The highest BCUT2D eigenvalue weighted by atomic mass is 79.9. The molecule has 0 aliphatic heterocycles. The van der Waals surface area contributed by atoms with Gasteiger partial charge in [-0.05, 0) is 41.6 Å². The highest BCUT2D eigenvalue weighted by Crippen LogP contribution is 2.48. The number of halogens is 1. The number of H-pyrrole nitrogens is 1. The van der Waals surface area contributed by atoms with E-state index in [1.54, 1.807) is 4.52 Å². The molecule has 2 aliphatic rings. The van der Waals surface area contributed by atoms with Crippen LogP contribution in [0.2, 0.25) is 0 Å². The van der Waals surface area contributed by atoms with Crippen molar-refractivity contribution >= 4 is 21.6 Å². The van der Waals surface area contributed by atoms with Crippen molar-refractivity contribution in [3.63, 3.8) is 0 Å². The zero-order valence-electron chi connectivity index (χ0n) is 10.0. The number of hydrogen-bond donors (Lipinski definition) is 1. The Bertz CT molecular complexity index is 694. The smallest absolute Gasteiger partial charge is 0.276 e. The Morgan fingerprint density at radius 1 is 1.33 bits per heavy atom. The Balaban J connectivity index is 2.05. The first kappa shape index (κ1) is 10.8. The molecule has 2 aromatic heterocycles. The average molecular weight is 308 g/mol. The van der Waals surface area contributed by atoms with Gasteiger partial charge in [0.05, 0.1) is 5.69 Å². The maximum atomic E-state index is 12.4. The topological polar surface area (TPSA) is 50.2 Å². The molecule has 0 unspecified atom stereocenters. The zero-order valence-corrected chi connectivity index (χ0v) is 11.6. The predicted molar refractivity (Wildman–Crippen MR) is 72.0 cm³/mol. The van der Waals surface area contributed by atoms with Gasteiger partial charge in [0.25, 0.3) is 5.56 Å². The van der Waals surface area contributed by atoms with Crippen molar-refractivity contribution in [2.75, 3.05) is 0 Å². The standard InChI is InChI=1S/C13H14BrN3O/c14-9-7-10-15-11-8(12(18)17(10)16-9)3-6-13(11)4-1-2-5-13/h7,16H,1-6H2. The van der Waals surface area contributed by atoms with Crippen LogP contribution in [0.25, 0.3) is 5.65 Å². The van der Waals surface area contributed by atoms with Crippen molar-refractivity contribution in [3.8, 4) is 0 Å². The van der Waals surface area contributed by atoms with E-state index in [4.69, 9.17) is 4.98 Å². The third kappa shape index (κ3) is 1.25. The first-order valence-electron chi connectivity index (χ1n) is 6.50. The number of aromatic nitrogens is 3. The van der Waals surface area contributed by atoms with E-state index in [1.807, 2.05) is 6.07 Å². The summed E-state index contributed by atoms with van der Waals surface area (Å²) in [4.78, 5) is 17.2. The molecule has 0 bridgehead atoms. The van der Waals surface area contributed by atoms with Crippen LogP contribution in [0.5, 0.6) is 0 Å². The van der Waals surface area contributed by atoms with Gasteiger partial charge >= 0.3 is 0 Å². The Morgan fingerprint density at radius 2 is 2.11 bits per heavy atom. The van der Waals surface area contributed by atoms with Crippen LogP contribution in [0.1, 0.15) is 43.4 Å². The lowest BCUT2D eigenvalue weighted by atomic mass is 9.83. The maximum Gasteiger partial charge on any atom is 0.276 e. The lowest BCUT2D eigenvalue weighted by Crippen LogP contribution is -2.25. The molecule has 0 atom stereocenters. The molecule has 94 valence electrons. The molecule has 2 aliphatic carbocycles. The fourth-order valence-corrected chi connectivity index (χ4v) is 4.10. The fraction of sp³-hybridized carbons (Fsp3) is 0.538. The van der Waals surface area contributed by atoms with Crippen LogP contribution >= 0.6 is 15.9 Å². The average Bonchev–Trinajstić information content (AvgIpc) is 3.02. The molecule has 2 heterocycles. The third-order valence-corrected chi connectivity index (χ3v) is 5.00. The largest absolute Gasteiger partial charge is 0.283 e. The molecule has 18 heavy (non-hydrogen) atoms. The van der Waals surface area contributed by atoms with Gasteiger partial charge in [0, 0.05) is 17.0 Å². The number of fused-ring (bicyclic) bond motifs is 3. The molecule has 4 rings (SSSR count). The number of rotatable bonds is 0. The zero-order chi connectivity index (χ0) is 12.3. The third-order valence-electron chi connectivity index (χ3n) is 4.59. The molecule has 1 spiro atoms. The quantitative estimate of drug-likeness (QED) is 0.813. The molecule has 0 aromatic carbocycles. The Hall–Kier alpha value is -1.10. The van der Waals surface area contributed by atoms with Gasteiger partial charge in [0.15, 0.2) is 5.65 Å². The second-order valence-corrected chi connectivity index (χ2v) is 6.38. The number of aromatic amines is 1. The summed E-state index contributed by atoms with van der Waals surface area (Å²) in [5, 5.41) is 2.99. The van der Waals surface area contributed by atoms with Gasteiger partial charge in [-0.3, -0.25) is 9.89 Å². The minimum atomic E-state index is 0.0875. The summed E-state index contributed by atoms with van der Waals surface area (Å²) in [6.07, 6.45) is 6.96. The second kappa shape index (κ2) is 3.47. The van der Waals surface area contributed by atoms with Crippen LogP contribution in [0.3, 0.4) is 0 Å². The lowest BCUT2D eigenvalue weighted by molar-refractivity contribution is 0.429. The van der Waals surface area contributed by atoms with E-state index in [0.717, 1.165) is 34.3 Å². The minimum Gasteiger partial charge on any atom is -0.283 e. The van der Waals surface area contributed by atoms with E-state index < -0.39 is 0 Å². The second-order valence-electron chi connectivity index (χ2n) is 5.53. The van der Waals surface area contributed by atoms with Crippen molar-refractivity contribution in [1.82, 2.24) is 14.6 Å². The van der Waals surface area contributed by atoms with Crippen LogP contribution in [-0.2, 0) is 11.8 Å². The number of hydrogen-bond acceptors (Lipinski definition) is 2. The Kier molecular flexibility index (Phi) is 2.08. The number of nitrogens with zero attached hydrogens (tertiary/aromatic N) is 2. The highest BCUT2D eigenvalue weighted by Gasteiger charge is 2.43. The minimum absolute atomic E-state index is 0.0875. The maximum absolute atomic E-state index is 12.4. The molecule has 1 fully saturated rings. The highest BCUT2D eigenvalue weighted by molar-refractivity contribution is 9.10. The van der Waals surface area contributed by atoms with Crippen molar-refractivity contribution in [3.05, 3.63) is 32.3 Å². The van der Waals surface area contributed by atoms with E-state index >= 15 is 0 Å². The monoisotopic (exact) mass is 307 g/mol. The van der Waals surface area contributed by atoms with Gasteiger partial charge in [-0.15, -0.1) is 0 Å². The SMILES string of the molecule is O=c1c2c(nc3cc(Br)[nH]n13)C1(CCCC1)CC2. The first-order valence-corrected chi connectivity index (χ1v) is 7.30. The van der Waals surface area contributed by atoms with Crippen molar-refractivity contribution < 1.29 is 0 Å². The molecule has 4 nitrogen and oxygen atoms in total. The fourth-order valence-electron chi connectivity index (χ4n) is 3.71. The Morgan fingerprint density at radius 3 is 2.89 bits per heavy atom. The molecule has 5 heteroatoms. The normalized spacial score (nSPS) is 20.9. The van der Waals surface area contributed by atoms with Gasteiger partial charge in [0.1, 0.15) is 4.60 Å². The van der Waals surface area contributed by atoms with Gasteiger partial charge < -0.3 is 0 Å². The van der Waals surface area contributed by atoms with Crippen LogP contribution in [0.4, 0.5) is 0 Å². The van der Waals surface area contributed by atoms with Crippen LogP contribution < -0.4 is 5.56 Å². The Labute approximate surface area is 113 Å².